The van der Waals surface area contributed by atoms with E-state index < -0.39 is 0 Å². The van der Waals surface area contributed by atoms with E-state index in [0.717, 1.165) is 0 Å². The molecular weight excluding hydrogens is 261 g/mol. The van der Waals surface area contributed by atoms with Gasteiger partial charge in [0.2, 0.25) is 12.7 Å². The highest BCUT2D eigenvalue weighted by Crippen LogP contribution is 2.34. The van der Waals surface area contributed by atoms with Crippen molar-refractivity contribution in [3.05, 3.63) is 53.8 Å². The largest absolute Gasteiger partial charge is 0.454 e. The summed E-state index contributed by atoms with van der Waals surface area (Å²) in [7, 11) is 0. The number of rotatable bonds is 3. The number of hydrogen-bond acceptors (Lipinski definition) is 3. The van der Waals surface area contributed by atoms with Crippen molar-refractivity contribution in [3.63, 3.8) is 0 Å². The van der Waals surface area contributed by atoms with Crippen molar-refractivity contribution >= 4 is 11.6 Å². The lowest BCUT2D eigenvalue weighted by atomic mass is 10.1. The fraction of sp³-hybridized carbons (Fsp3) is 0.133. The average Bonchev–Trinajstić information content (AvgIpc) is 2.86. The molecular formula is C15H12FNO3. The van der Waals surface area contributed by atoms with Crippen LogP contribution in [0.2, 0.25) is 0 Å². The van der Waals surface area contributed by atoms with E-state index in [-0.39, 0.29) is 24.9 Å². The Bertz CT molecular complexity index is 657. The van der Waals surface area contributed by atoms with Crippen molar-refractivity contribution in [1.29, 1.82) is 0 Å². The zero-order chi connectivity index (χ0) is 13.9. The van der Waals surface area contributed by atoms with E-state index >= 15 is 0 Å². The Morgan fingerprint density at radius 3 is 2.85 bits per heavy atom. The number of carbonyl (C=O) groups excluding carboxylic acids is 1. The molecule has 0 unspecified atom stereocenters. The van der Waals surface area contributed by atoms with Gasteiger partial charge < -0.3 is 14.8 Å². The number of anilines is 1. The number of nitrogens with one attached hydrogen (secondary N) is 1. The summed E-state index contributed by atoms with van der Waals surface area (Å²) < 4.78 is 23.5. The van der Waals surface area contributed by atoms with Crippen molar-refractivity contribution in [2.75, 3.05) is 12.1 Å². The fourth-order valence-electron chi connectivity index (χ4n) is 2.01. The van der Waals surface area contributed by atoms with Gasteiger partial charge in [-0.15, -0.1) is 0 Å². The minimum absolute atomic E-state index is 0.117. The number of carbonyl (C=O) groups is 1. The Morgan fingerprint density at radius 2 is 2.00 bits per heavy atom. The molecule has 2 aromatic rings. The molecule has 0 aliphatic carbocycles. The van der Waals surface area contributed by atoms with E-state index in [2.05, 4.69) is 5.32 Å². The zero-order valence-corrected chi connectivity index (χ0v) is 10.6. The molecule has 102 valence electrons. The number of fused-ring (bicyclic) bond motifs is 1. The molecule has 1 heterocycles. The van der Waals surface area contributed by atoms with Crippen molar-refractivity contribution in [2.24, 2.45) is 0 Å². The van der Waals surface area contributed by atoms with Gasteiger partial charge in [0.05, 0.1) is 6.42 Å². The summed E-state index contributed by atoms with van der Waals surface area (Å²) in [6, 6.07) is 11.2. The van der Waals surface area contributed by atoms with Gasteiger partial charge in [-0.25, -0.2) is 4.39 Å². The molecule has 0 saturated carbocycles. The van der Waals surface area contributed by atoms with Crippen LogP contribution in [0.1, 0.15) is 5.56 Å². The van der Waals surface area contributed by atoms with Crippen molar-refractivity contribution < 1.29 is 18.7 Å². The standard InChI is InChI=1S/C15H12FNO3/c16-11-3-1-2-10(6-11)7-15(18)17-12-4-5-13-14(8-12)20-9-19-13/h1-6,8H,7,9H2,(H,17,18). The summed E-state index contributed by atoms with van der Waals surface area (Å²) in [5, 5.41) is 2.74. The van der Waals surface area contributed by atoms with Crippen LogP contribution in [0, 0.1) is 5.82 Å². The molecule has 0 spiro atoms. The lowest BCUT2D eigenvalue weighted by Crippen LogP contribution is -2.14. The maximum atomic E-state index is 13.0. The predicted molar refractivity (Wildman–Crippen MR) is 71.3 cm³/mol. The van der Waals surface area contributed by atoms with Crippen molar-refractivity contribution in [2.45, 2.75) is 6.42 Å². The fourth-order valence-corrected chi connectivity index (χ4v) is 2.01. The highest BCUT2D eigenvalue weighted by molar-refractivity contribution is 5.92. The van der Waals surface area contributed by atoms with Crippen LogP contribution in [-0.4, -0.2) is 12.7 Å². The molecule has 3 rings (SSSR count). The number of benzene rings is 2. The maximum Gasteiger partial charge on any atom is 0.231 e. The van der Waals surface area contributed by atoms with Crippen molar-refractivity contribution in [1.82, 2.24) is 0 Å². The minimum Gasteiger partial charge on any atom is -0.454 e. The quantitative estimate of drug-likeness (QED) is 0.935. The third kappa shape index (κ3) is 2.71. The minimum atomic E-state index is -0.349. The Hall–Kier alpha value is -2.56. The monoisotopic (exact) mass is 273 g/mol. The first-order valence-electron chi connectivity index (χ1n) is 6.15. The molecule has 20 heavy (non-hydrogen) atoms. The number of ether oxygens (including phenoxy) is 2. The molecule has 0 bridgehead atoms. The van der Waals surface area contributed by atoms with Gasteiger partial charge in [0.15, 0.2) is 11.5 Å². The van der Waals surface area contributed by atoms with E-state index in [9.17, 15) is 9.18 Å². The molecule has 0 aromatic heterocycles. The lowest BCUT2D eigenvalue weighted by Gasteiger charge is -2.06. The molecule has 0 saturated heterocycles. The summed E-state index contributed by atoms with van der Waals surface area (Å²) in [6.07, 6.45) is 0.117. The van der Waals surface area contributed by atoms with Crippen LogP contribution in [0.5, 0.6) is 11.5 Å². The molecule has 1 N–H and O–H groups in total. The lowest BCUT2D eigenvalue weighted by molar-refractivity contribution is -0.115. The number of amides is 1. The van der Waals surface area contributed by atoms with E-state index in [1.54, 1.807) is 30.3 Å². The van der Waals surface area contributed by atoms with Crippen LogP contribution in [0.4, 0.5) is 10.1 Å². The Kier molecular flexibility index (Phi) is 3.25. The summed E-state index contributed by atoms with van der Waals surface area (Å²) in [5.41, 5.74) is 1.25. The van der Waals surface area contributed by atoms with Gasteiger partial charge in [-0.3, -0.25) is 4.79 Å². The van der Waals surface area contributed by atoms with Gasteiger partial charge in [-0.1, -0.05) is 12.1 Å². The van der Waals surface area contributed by atoms with Crippen LogP contribution in [0.15, 0.2) is 42.5 Å². The van der Waals surface area contributed by atoms with Gasteiger partial charge in [-0.2, -0.15) is 0 Å². The third-order valence-corrected chi connectivity index (χ3v) is 2.91. The molecule has 0 atom stereocenters. The second kappa shape index (κ2) is 5.21. The number of halogens is 1. The van der Waals surface area contributed by atoms with Crippen LogP contribution in [-0.2, 0) is 11.2 Å². The van der Waals surface area contributed by atoms with Crippen LogP contribution in [0.3, 0.4) is 0 Å². The third-order valence-electron chi connectivity index (χ3n) is 2.91. The number of hydrogen-bond donors (Lipinski definition) is 1. The molecule has 5 heteroatoms. The molecule has 2 aromatic carbocycles. The Labute approximate surface area is 115 Å². The van der Waals surface area contributed by atoms with Crippen LogP contribution >= 0.6 is 0 Å². The normalized spacial score (nSPS) is 12.2. The highest BCUT2D eigenvalue weighted by atomic mass is 19.1. The predicted octanol–water partition coefficient (Wildman–Crippen LogP) is 2.74. The molecule has 1 amide bonds. The second-order valence-corrected chi connectivity index (χ2v) is 4.42. The van der Waals surface area contributed by atoms with Gasteiger partial charge in [0.25, 0.3) is 0 Å². The Morgan fingerprint density at radius 1 is 1.15 bits per heavy atom. The van der Waals surface area contributed by atoms with Gasteiger partial charge >= 0.3 is 0 Å². The first-order valence-corrected chi connectivity index (χ1v) is 6.15. The zero-order valence-electron chi connectivity index (χ0n) is 10.6. The second-order valence-electron chi connectivity index (χ2n) is 4.42. The van der Waals surface area contributed by atoms with Crippen LogP contribution in [0.25, 0.3) is 0 Å². The topological polar surface area (TPSA) is 47.6 Å². The summed E-state index contributed by atoms with van der Waals surface area (Å²) in [4.78, 5) is 11.9. The van der Waals surface area contributed by atoms with E-state index in [1.807, 2.05) is 0 Å². The van der Waals surface area contributed by atoms with Gasteiger partial charge in [-0.05, 0) is 29.8 Å². The van der Waals surface area contributed by atoms with Gasteiger partial charge in [0.1, 0.15) is 5.82 Å². The first kappa shape index (κ1) is 12.5. The first-order chi connectivity index (χ1) is 9.70. The SMILES string of the molecule is O=C(Cc1cccc(F)c1)Nc1ccc2c(c1)OCO2. The summed E-state index contributed by atoms with van der Waals surface area (Å²) >= 11 is 0. The Balaban J connectivity index is 1.67. The maximum absolute atomic E-state index is 13.0. The molecule has 0 fully saturated rings. The molecule has 1 aliphatic heterocycles. The molecule has 0 radical (unpaired) electrons. The average molecular weight is 273 g/mol. The molecule has 1 aliphatic rings. The molecule has 4 nitrogen and oxygen atoms in total. The van der Waals surface area contributed by atoms with Crippen molar-refractivity contribution in [3.8, 4) is 11.5 Å². The smallest absolute Gasteiger partial charge is 0.231 e. The van der Waals surface area contributed by atoms with E-state index in [0.29, 0.717) is 22.7 Å². The van der Waals surface area contributed by atoms with Crippen LogP contribution < -0.4 is 14.8 Å². The van der Waals surface area contributed by atoms with E-state index in [4.69, 9.17) is 9.47 Å². The highest BCUT2D eigenvalue weighted by Gasteiger charge is 2.14. The van der Waals surface area contributed by atoms with E-state index in [1.165, 1.54) is 12.1 Å². The summed E-state index contributed by atoms with van der Waals surface area (Å²) in [6.45, 7) is 0.191. The van der Waals surface area contributed by atoms with Gasteiger partial charge in [0, 0.05) is 11.8 Å². The summed E-state index contributed by atoms with van der Waals surface area (Å²) in [5.74, 6) is 0.703.